The zero-order chi connectivity index (χ0) is 25.2. The van der Waals surface area contributed by atoms with Gasteiger partial charge in [-0.2, -0.15) is 0 Å². The molecule has 6 atom stereocenters. The van der Waals surface area contributed by atoms with Crippen molar-refractivity contribution in [2.24, 2.45) is 17.8 Å². The molecule has 9 heteroatoms. The Balaban J connectivity index is 1.83. The second-order valence-corrected chi connectivity index (χ2v) is 9.30. The van der Waals surface area contributed by atoms with Gasteiger partial charge in [0.25, 0.3) is 0 Å². The molecule has 9 nitrogen and oxygen atoms in total. The summed E-state index contributed by atoms with van der Waals surface area (Å²) in [5.41, 5.74) is 0.0482. The van der Waals surface area contributed by atoms with Crippen LogP contribution in [0.4, 0.5) is 0 Å². The van der Waals surface area contributed by atoms with Crippen molar-refractivity contribution in [3.8, 4) is 0 Å². The maximum atomic E-state index is 13.0. The molecule has 1 saturated carbocycles. The second kappa shape index (κ2) is 10.2. The second-order valence-electron chi connectivity index (χ2n) is 9.30. The molecule has 0 bridgehead atoms. The van der Waals surface area contributed by atoms with Crippen molar-refractivity contribution in [1.82, 2.24) is 0 Å². The zero-order valence-corrected chi connectivity index (χ0v) is 19.7. The molecule has 0 aromatic heterocycles. The van der Waals surface area contributed by atoms with E-state index in [0.29, 0.717) is 6.42 Å². The standard InChI is InChI=1S/C25H32O9/c1-13-5-6-17-19(13)21-20(15(3)23(29)34-21)18(11-25(17,4)31)33-24(30)16(8-10-27)12-32-22(28)14(2)7-9-26/h5,7-8,17-21,26-27,31H,3,6,9-12H2,1-2,4H3. The van der Waals surface area contributed by atoms with Crippen molar-refractivity contribution >= 4 is 17.9 Å². The van der Waals surface area contributed by atoms with Gasteiger partial charge in [-0.1, -0.05) is 18.2 Å². The maximum absolute atomic E-state index is 13.0. The Morgan fingerprint density at radius 2 is 1.91 bits per heavy atom. The Labute approximate surface area is 198 Å². The van der Waals surface area contributed by atoms with Crippen LogP contribution in [0.25, 0.3) is 0 Å². The quantitative estimate of drug-likeness (QED) is 0.213. The summed E-state index contributed by atoms with van der Waals surface area (Å²) in [6.07, 6.45) is 3.60. The van der Waals surface area contributed by atoms with E-state index in [2.05, 4.69) is 6.58 Å². The van der Waals surface area contributed by atoms with Crippen molar-refractivity contribution < 1.29 is 43.9 Å². The predicted octanol–water partition coefficient (Wildman–Crippen LogP) is 1.13. The first-order valence-electron chi connectivity index (χ1n) is 11.3. The molecule has 0 aromatic rings. The number of rotatable bonds is 7. The largest absolute Gasteiger partial charge is 0.458 e. The predicted molar refractivity (Wildman–Crippen MR) is 120 cm³/mol. The molecule has 0 aromatic carbocycles. The van der Waals surface area contributed by atoms with Crippen LogP contribution in [0.3, 0.4) is 0 Å². The Morgan fingerprint density at radius 3 is 2.56 bits per heavy atom. The van der Waals surface area contributed by atoms with Gasteiger partial charge in [0.1, 0.15) is 18.8 Å². The van der Waals surface area contributed by atoms with Gasteiger partial charge in [-0.3, -0.25) is 0 Å². The summed E-state index contributed by atoms with van der Waals surface area (Å²) in [4.78, 5) is 37.4. The van der Waals surface area contributed by atoms with Gasteiger partial charge in [0, 0.05) is 29.4 Å². The highest BCUT2D eigenvalue weighted by atomic mass is 16.6. The van der Waals surface area contributed by atoms with E-state index in [4.69, 9.17) is 19.3 Å². The number of carbonyl (C=O) groups excluding carboxylic acids is 3. The van der Waals surface area contributed by atoms with E-state index in [1.54, 1.807) is 6.92 Å². The highest BCUT2D eigenvalue weighted by Gasteiger charge is 2.58. The van der Waals surface area contributed by atoms with Crippen LogP contribution >= 0.6 is 0 Å². The lowest BCUT2D eigenvalue weighted by atomic mass is 9.76. The number of allylic oxidation sites excluding steroid dienone is 1. The molecule has 3 N–H and O–H groups in total. The number of hydrogen-bond acceptors (Lipinski definition) is 9. The Kier molecular flexibility index (Phi) is 7.80. The summed E-state index contributed by atoms with van der Waals surface area (Å²) >= 11 is 0. The minimum absolute atomic E-state index is 0.0579. The zero-order valence-electron chi connectivity index (χ0n) is 19.7. The Bertz CT molecular complexity index is 955. The molecule has 2 fully saturated rings. The maximum Gasteiger partial charge on any atom is 0.337 e. The number of aliphatic hydroxyl groups excluding tert-OH is 2. The van der Waals surface area contributed by atoms with Gasteiger partial charge in [-0.05, 0) is 39.3 Å². The third-order valence-corrected chi connectivity index (χ3v) is 7.02. The molecule has 0 radical (unpaired) electrons. The summed E-state index contributed by atoms with van der Waals surface area (Å²) in [6, 6.07) is 0. The number of ether oxygens (including phenoxy) is 3. The minimum Gasteiger partial charge on any atom is -0.458 e. The number of fused-ring (bicyclic) bond motifs is 3. The van der Waals surface area contributed by atoms with Gasteiger partial charge in [0.2, 0.25) is 0 Å². The molecule has 0 spiro atoms. The molecule has 34 heavy (non-hydrogen) atoms. The van der Waals surface area contributed by atoms with E-state index in [1.807, 2.05) is 13.0 Å². The summed E-state index contributed by atoms with van der Waals surface area (Å²) in [5, 5.41) is 29.6. The van der Waals surface area contributed by atoms with Crippen LogP contribution in [0, 0.1) is 17.8 Å². The van der Waals surface area contributed by atoms with Crippen LogP contribution < -0.4 is 0 Å². The highest BCUT2D eigenvalue weighted by Crippen LogP contribution is 2.52. The SMILES string of the molecule is C=C1C(=O)OC2C1C(OC(=O)C(=CCO)COC(=O)C(C)=CCO)CC(C)(O)C1CC=C(C)C21. The van der Waals surface area contributed by atoms with Gasteiger partial charge >= 0.3 is 17.9 Å². The first-order valence-corrected chi connectivity index (χ1v) is 11.3. The topological polar surface area (TPSA) is 140 Å². The molecule has 1 aliphatic heterocycles. The highest BCUT2D eigenvalue weighted by molar-refractivity contribution is 5.93. The van der Waals surface area contributed by atoms with Gasteiger partial charge in [0.05, 0.1) is 30.3 Å². The lowest BCUT2D eigenvalue weighted by Gasteiger charge is -2.34. The molecule has 3 rings (SSSR count). The van der Waals surface area contributed by atoms with Gasteiger partial charge in [-0.25, -0.2) is 14.4 Å². The molecule has 1 saturated heterocycles. The number of hydrogen-bond donors (Lipinski definition) is 3. The van der Waals surface area contributed by atoms with E-state index in [1.165, 1.54) is 19.1 Å². The smallest absolute Gasteiger partial charge is 0.337 e. The van der Waals surface area contributed by atoms with Crippen molar-refractivity contribution in [3.05, 3.63) is 47.1 Å². The summed E-state index contributed by atoms with van der Waals surface area (Å²) < 4.78 is 16.5. The average molecular weight is 477 g/mol. The van der Waals surface area contributed by atoms with E-state index in [-0.39, 0.29) is 41.6 Å². The van der Waals surface area contributed by atoms with Crippen molar-refractivity contribution in [2.45, 2.75) is 51.4 Å². The number of aliphatic hydroxyl groups is 3. The van der Waals surface area contributed by atoms with Crippen LogP contribution in [0.1, 0.15) is 33.6 Å². The van der Waals surface area contributed by atoms with Crippen LogP contribution in [0.15, 0.2) is 47.1 Å². The van der Waals surface area contributed by atoms with Gasteiger partial charge in [0.15, 0.2) is 0 Å². The van der Waals surface area contributed by atoms with Gasteiger partial charge < -0.3 is 29.5 Å². The lowest BCUT2D eigenvalue weighted by Crippen LogP contribution is -2.40. The Hall–Kier alpha value is -2.75. The van der Waals surface area contributed by atoms with Crippen molar-refractivity contribution in [3.63, 3.8) is 0 Å². The third-order valence-electron chi connectivity index (χ3n) is 7.02. The molecule has 6 unspecified atom stereocenters. The molecular formula is C25H32O9. The summed E-state index contributed by atoms with van der Waals surface area (Å²) in [5.74, 6) is -3.22. The van der Waals surface area contributed by atoms with E-state index < -0.39 is 54.8 Å². The molecule has 1 heterocycles. The molecule has 186 valence electrons. The van der Waals surface area contributed by atoms with Crippen molar-refractivity contribution in [1.29, 1.82) is 0 Å². The fraction of sp³-hybridized carbons (Fsp3) is 0.560. The molecule has 3 aliphatic rings. The first-order chi connectivity index (χ1) is 16.0. The fourth-order valence-electron chi connectivity index (χ4n) is 5.18. The Morgan fingerprint density at radius 1 is 1.24 bits per heavy atom. The van der Waals surface area contributed by atoms with Gasteiger partial charge in [-0.15, -0.1) is 0 Å². The van der Waals surface area contributed by atoms with Crippen LogP contribution in [-0.4, -0.2) is 70.9 Å². The van der Waals surface area contributed by atoms with Crippen molar-refractivity contribution in [2.75, 3.05) is 19.8 Å². The first kappa shape index (κ1) is 25.9. The van der Waals surface area contributed by atoms with E-state index in [0.717, 1.165) is 5.57 Å². The fourth-order valence-corrected chi connectivity index (χ4v) is 5.18. The van der Waals surface area contributed by atoms with Crippen LogP contribution in [0.2, 0.25) is 0 Å². The van der Waals surface area contributed by atoms with E-state index >= 15 is 0 Å². The van der Waals surface area contributed by atoms with E-state index in [9.17, 15) is 24.6 Å². The third kappa shape index (κ3) is 5.01. The normalized spacial score (nSPS) is 33.5. The molecule has 2 aliphatic carbocycles. The molecular weight excluding hydrogens is 444 g/mol. The summed E-state index contributed by atoms with van der Waals surface area (Å²) in [6.45, 7) is 7.64. The molecule has 0 amide bonds. The average Bonchev–Trinajstić information content (AvgIpc) is 3.27. The minimum atomic E-state index is -1.21. The number of carbonyl (C=O) groups is 3. The number of esters is 3. The summed E-state index contributed by atoms with van der Waals surface area (Å²) in [7, 11) is 0. The van der Waals surface area contributed by atoms with Crippen LogP contribution in [-0.2, 0) is 28.6 Å². The van der Waals surface area contributed by atoms with Crippen LogP contribution in [0.5, 0.6) is 0 Å². The monoisotopic (exact) mass is 476 g/mol. The lowest BCUT2D eigenvalue weighted by molar-refractivity contribution is -0.151.